The molecule has 0 spiro atoms. The van der Waals surface area contributed by atoms with Gasteiger partial charge in [-0.15, -0.1) is 0 Å². The Morgan fingerprint density at radius 1 is 0.903 bits per heavy atom. The third kappa shape index (κ3) is 5.31. The Bertz CT molecular complexity index is 1050. The van der Waals surface area contributed by atoms with Crippen LogP contribution >= 0.6 is 0 Å². The van der Waals surface area contributed by atoms with E-state index < -0.39 is 0 Å². The first kappa shape index (κ1) is 20.7. The van der Waals surface area contributed by atoms with Crippen molar-refractivity contribution in [1.82, 2.24) is 4.90 Å². The van der Waals surface area contributed by atoms with Crippen molar-refractivity contribution in [3.63, 3.8) is 0 Å². The zero-order valence-electron chi connectivity index (χ0n) is 17.8. The molecule has 1 heterocycles. The monoisotopic (exact) mass is 413 g/mol. The summed E-state index contributed by atoms with van der Waals surface area (Å²) in [5.74, 6) is -0.0580. The molecule has 0 radical (unpaired) electrons. The highest BCUT2D eigenvalue weighted by atomic mass is 16.2. The molecule has 4 rings (SSSR count). The number of hydrogen-bond donors (Lipinski definition) is 1. The first-order valence-electron chi connectivity index (χ1n) is 10.6. The Kier molecular flexibility index (Phi) is 6.32. The van der Waals surface area contributed by atoms with Gasteiger partial charge in [-0.05, 0) is 48.7 Å². The SMILES string of the molecule is Cc1cccc(CN2CCCN(c3ccc(NC(=O)Cc4ccccc4)cc3)C2=O)c1. The number of aryl methyl sites for hydroxylation is 1. The lowest BCUT2D eigenvalue weighted by Crippen LogP contribution is -2.49. The van der Waals surface area contributed by atoms with Crippen LogP contribution in [0.4, 0.5) is 16.2 Å². The van der Waals surface area contributed by atoms with E-state index in [9.17, 15) is 9.59 Å². The molecular weight excluding hydrogens is 386 g/mol. The first-order chi connectivity index (χ1) is 15.1. The fraction of sp³-hybridized carbons (Fsp3) is 0.231. The van der Waals surface area contributed by atoms with E-state index >= 15 is 0 Å². The number of hydrogen-bond acceptors (Lipinski definition) is 2. The molecule has 3 amide bonds. The quantitative estimate of drug-likeness (QED) is 0.618. The maximum absolute atomic E-state index is 13.1. The van der Waals surface area contributed by atoms with Crippen LogP contribution < -0.4 is 10.2 Å². The number of anilines is 2. The lowest BCUT2D eigenvalue weighted by molar-refractivity contribution is -0.115. The summed E-state index contributed by atoms with van der Waals surface area (Å²) in [6.07, 6.45) is 1.26. The van der Waals surface area contributed by atoms with Crippen LogP contribution in [0, 0.1) is 6.92 Å². The Labute approximate surface area is 183 Å². The predicted octanol–water partition coefficient (Wildman–Crippen LogP) is 5.01. The first-order valence-corrected chi connectivity index (χ1v) is 10.6. The Morgan fingerprint density at radius 3 is 2.39 bits per heavy atom. The molecule has 0 atom stereocenters. The zero-order chi connectivity index (χ0) is 21.6. The second-order valence-corrected chi connectivity index (χ2v) is 7.96. The minimum atomic E-state index is -0.0580. The summed E-state index contributed by atoms with van der Waals surface area (Å²) in [6.45, 7) is 4.14. The summed E-state index contributed by atoms with van der Waals surface area (Å²) in [4.78, 5) is 29.1. The fourth-order valence-corrected chi connectivity index (χ4v) is 3.91. The maximum Gasteiger partial charge on any atom is 0.324 e. The second kappa shape index (κ2) is 9.47. The highest BCUT2D eigenvalue weighted by Gasteiger charge is 2.26. The normalized spacial score (nSPS) is 13.9. The summed E-state index contributed by atoms with van der Waals surface area (Å²) < 4.78 is 0. The van der Waals surface area contributed by atoms with Crippen LogP contribution in [-0.2, 0) is 17.8 Å². The van der Waals surface area contributed by atoms with Gasteiger partial charge in [-0.25, -0.2) is 4.79 Å². The number of nitrogens with one attached hydrogen (secondary N) is 1. The zero-order valence-corrected chi connectivity index (χ0v) is 17.8. The summed E-state index contributed by atoms with van der Waals surface area (Å²) in [5.41, 5.74) is 4.89. The predicted molar refractivity (Wildman–Crippen MR) is 124 cm³/mol. The topological polar surface area (TPSA) is 52.6 Å². The molecule has 3 aromatic carbocycles. The minimum absolute atomic E-state index is 0.0219. The summed E-state index contributed by atoms with van der Waals surface area (Å²) in [5, 5.41) is 2.93. The van der Waals surface area contributed by atoms with Crippen molar-refractivity contribution in [1.29, 1.82) is 0 Å². The number of carbonyl (C=O) groups excluding carboxylic acids is 2. The van der Waals surface area contributed by atoms with Gasteiger partial charge >= 0.3 is 6.03 Å². The van der Waals surface area contributed by atoms with Gasteiger partial charge in [0.2, 0.25) is 5.91 Å². The summed E-state index contributed by atoms with van der Waals surface area (Å²) in [6, 6.07) is 25.5. The van der Waals surface area contributed by atoms with Crippen molar-refractivity contribution >= 4 is 23.3 Å². The van der Waals surface area contributed by atoms with Crippen molar-refractivity contribution in [2.45, 2.75) is 26.3 Å². The molecule has 5 heteroatoms. The number of benzene rings is 3. The lowest BCUT2D eigenvalue weighted by Gasteiger charge is -2.35. The van der Waals surface area contributed by atoms with Crippen LogP contribution in [0.25, 0.3) is 0 Å². The van der Waals surface area contributed by atoms with Gasteiger partial charge in [-0.1, -0.05) is 60.2 Å². The van der Waals surface area contributed by atoms with Crippen molar-refractivity contribution in [2.24, 2.45) is 0 Å². The molecule has 0 aliphatic carbocycles. The Hall–Kier alpha value is -3.60. The minimum Gasteiger partial charge on any atom is -0.326 e. The van der Waals surface area contributed by atoms with Crippen LogP contribution in [-0.4, -0.2) is 29.9 Å². The molecule has 158 valence electrons. The average molecular weight is 414 g/mol. The molecule has 1 N–H and O–H groups in total. The van der Waals surface area contributed by atoms with Crippen LogP contribution in [0.2, 0.25) is 0 Å². The molecule has 1 fully saturated rings. The van der Waals surface area contributed by atoms with Gasteiger partial charge in [0.1, 0.15) is 0 Å². The molecular formula is C26H27N3O2. The number of amides is 3. The Morgan fingerprint density at radius 2 is 1.65 bits per heavy atom. The smallest absolute Gasteiger partial charge is 0.324 e. The summed E-state index contributed by atoms with van der Waals surface area (Å²) in [7, 11) is 0. The highest BCUT2D eigenvalue weighted by Crippen LogP contribution is 2.23. The lowest BCUT2D eigenvalue weighted by atomic mass is 10.1. The van der Waals surface area contributed by atoms with Gasteiger partial charge in [0.15, 0.2) is 0 Å². The summed E-state index contributed by atoms with van der Waals surface area (Å²) >= 11 is 0. The molecule has 5 nitrogen and oxygen atoms in total. The third-order valence-electron chi connectivity index (χ3n) is 5.44. The van der Waals surface area contributed by atoms with E-state index in [1.165, 1.54) is 5.56 Å². The molecule has 1 aliphatic rings. The Balaban J connectivity index is 1.38. The maximum atomic E-state index is 13.1. The molecule has 1 aliphatic heterocycles. The van der Waals surface area contributed by atoms with Gasteiger partial charge < -0.3 is 10.2 Å². The highest BCUT2D eigenvalue weighted by molar-refractivity contribution is 5.94. The van der Waals surface area contributed by atoms with E-state index in [2.05, 4.69) is 30.4 Å². The van der Waals surface area contributed by atoms with E-state index in [0.717, 1.165) is 35.5 Å². The second-order valence-electron chi connectivity index (χ2n) is 7.96. The van der Waals surface area contributed by atoms with Crippen LogP contribution in [0.1, 0.15) is 23.1 Å². The fourth-order valence-electron chi connectivity index (χ4n) is 3.91. The van der Waals surface area contributed by atoms with Gasteiger partial charge in [0, 0.05) is 31.0 Å². The number of urea groups is 1. The van der Waals surface area contributed by atoms with Gasteiger partial charge in [-0.2, -0.15) is 0 Å². The molecule has 1 saturated heterocycles. The van der Waals surface area contributed by atoms with E-state index in [1.54, 1.807) is 0 Å². The van der Waals surface area contributed by atoms with E-state index in [-0.39, 0.29) is 11.9 Å². The van der Waals surface area contributed by atoms with Crippen molar-refractivity contribution < 1.29 is 9.59 Å². The van der Waals surface area contributed by atoms with Crippen LogP contribution in [0.3, 0.4) is 0 Å². The van der Waals surface area contributed by atoms with Crippen molar-refractivity contribution in [3.05, 3.63) is 95.6 Å². The van der Waals surface area contributed by atoms with Crippen LogP contribution in [0.5, 0.6) is 0 Å². The number of rotatable bonds is 6. The van der Waals surface area contributed by atoms with Crippen molar-refractivity contribution in [3.8, 4) is 0 Å². The number of nitrogens with zero attached hydrogens (tertiary/aromatic N) is 2. The largest absolute Gasteiger partial charge is 0.326 e. The van der Waals surface area contributed by atoms with E-state index in [1.807, 2.05) is 70.5 Å². The van der Waals surface area contributed by atoms with E-state index in [0.29, 0.717) is 19.5 Å². The van der Waals surface area contributed by atoms with Gasteiger partial charge in [-0.3, -0.25) is 9.69 Å². The molecule has 0 saturated carbocycles. The van der Waals surface area contributed by atoms with Gasteiger partial charge in [0.25, 0.3) is 0 Å². The van der Waals surface area contributed by atoms with Gasteiger partial charge in [0.05, 0.1) is 6.42 Å². The molecule has 0 bridgehead atoms. The molecule has 0 aromatic heterocycles. The molecule has 0 unspecified atom stereocenters. The van der Waals surface area contributed by atoms with Crippen molar-refractivity contribution in [2.75, 3.05) is 23.3 Å². The third-order valence-corrected chi connectivity index (χ3v) is 5.44. The van der Waals surface area contributed by atoms with E-state index in [4.69, 9.17) is 0 Å². The molecule has 31 heavy (non-hydrogen) atoms. The number of carbonyl (C=O) groups is 2. The standard InChI is InChI=1S/C26H27N3O2/c1-20-7-5-10-22(17-20)19-28-15-6-16-29(26(28)31)24-13-11-23(12-14-24)27-25(30)18-21-8-3-2-4-9-21/h2-5,7-14,17H,6,15-16,18-19H2,1H3,(H,27,30). The van der Waals surface area contributed by atoms with Crippen LogP contribution in [0.15, 0.2) is 78.9 Å². The molecule has 3 aromatic rings. The average Bonchev–Trinajstić information content (AvgIpc) is 2.77.